The Kier molecular flexibility index (Phi) is 5.08. The number of carboxylic acids is 1. The van der Waals surface area contributed by atoms with Crippen molar-refractivity contribution in [2.45, 2.75) is 24.5 Å². The molecule has 1 fully saturated rings. The molecule has 1 unspecified atom stereocenters. The molecule has 0 bridgehead atoms. The van der Waals surface area contributed by atoms with Crippen LogP contribution in [0.4, 0.5) is 0 Å². The van der Waals surface area contributed by atoms with E-state index in [0.717, 1.165) is 12.2 Å². The SMILES string of the molecule is CC1(CNC(=O)COCC(=O)O)CCCS1. The number of hydrogen-bond donors (Lipinski definition) is 2. The van der Waals surface area contributed by atoms with Gasteiger partial charge in [0.05, 0.1) is 0 Å². The highest BCUT2D eigenvalue weighted by molar-refractivity contribution is 8.00. The topological polar surface area (TPSA) is 75.6 Å². The average molecular weight is 247 g/mol. The van der Waals surface area contributed by atoms with Gasteiger partial charge in [-0.25, -0.2) is 4.79 Å². The number of nitrogens with one attached hydrogen (secondary N) is 1. The number of carbonyl (C=O) groups is 2. The largest absolute Gasteiger partial charge is 0.480 e. The Bertz CT molecular complexity index is 264. The summed E-state index contributed by atoms with van der Waals surface area (Å²) in [5.41, 5.74) is 0. The Balaban J connectivity index is 2.12. The number of aliphatic carboxylic acids is 1. The molecule has 0 spiro atoms. The summed E-state index contributed by atoms with van der Waals surface area (Å²) in [7, 11) is 0. The Hall–Kier alpha value is -0.750. The highest BCUT2D eigenvalue weighted by Crippen LogP contribution is 2.36. The maximum absolute atomic E-state index is 11.3. The van der Waals surface area contributed by atoms with Crippen molar-refractivity contribution in [3.63, 3.8) is 0 Å². The molecular formula is C10H17NO4S. The minimum Gasteiger partial charge on any atom is -0.480 e. The summed E-state index contributed by atoms with van der Waals surface area (Å²) in [6, 6.07) is 0. The number of amides is 1. The summed E-state index contributed by atoms with van der Waals surface area (Å²) in [5, 5.41) is 11.1. The van der Waals surface area contributed by atoms with Crippen LogP contribution in [-0.4, -0.2) is 47.2 Å². The van der Waals surface area contributed by atoms with E-state index in [0.29, 0.717) is 6.54 Å². The molecule has 16 heavy (non-hydrogen) atoms. The molecule has 6 heteroatoms. The summed E-state index contributed by atoms with van der Waals surface area (Å²) in [5.74, 6) is -0.178. The summed E-state index contributed by atoms with van der Waals surface area (Å²) in [6.07, 6.45) is 2.29. The minimum atomic E-state index is -1.06. The van der Waals surface area contributed by atoms with Gasteiger partial charge in [0.2, 0.25) is 5.91 Å². The summed E-state index contributed by atoms with van der Waals surface area (Å²) < 4.78 is 4.81. The molecule has 1 rings (SSSR count). The molecule has 1 heterocycles. The number of ether oxygens (including phenoxy) is 1. The van der Waals surface area contributed by atoms with E-state index in [9.17, 15) is 9.59 Å². The molecule has 1 aliphatic heterocycles. The van der Waals surface area contributed by atoms with Gasteiger partial charge in [-0.15, -0.1) is 0 Å². The van der Waals surface area contributed by atoms with Crippen LogP contribution < -0.4 is 5.32 Å². The first kappa shape index (κ1) is 13.3. The lowest BCUT2D eigenvalue weighted by atomic mass is 10.1. The van der Waals surface area contributed by atoms with E-state index >= 15 is 0 Å². The zero-order valence-corrected chi connectivity index (χ0v) is 10.1. The zero-order valence-electron chi connectivity index (χ0n) is 9.32. The van der Waals surface area contributed by atoms with Crippen LogP contribution in [0.2, 0.25) is 0 Å². The Morgan fingerprint density at radius 2 is 2.25 bits per heavy atom. The maximum atomic E-state index is 11.3. The average Bonchev–Trinajstić information content (AvgIpc) is 2.62. The molecule has 0 aromatic carbocycles. The second-order valence-electron chi connectivity index (χ2n) is 4.07. The number of carbonyl (C=O) groups excluding carboxylic acids is 1. The third-order valence-corrected chi connectivity index (χ3v) is 3.96. The second-order valence-corrected chi connectivity index (χ2v) is 5.75. The molecule has 0 aliphatic carbocycles. The third kappa shape index (κ3) is 4.85. The van der Waals surface area contributed by atoms with Crippen molar-refractivity contribution in [2.75, 3.05) is 25.5 Å². The third-order valence-electron chi connectivity index (χ3n) is 2.42. The zero-order chi connectivity index (χ0) is 12.0. The Morgan fingerprint density at radius 3 is 2.81 bits per heavy atom. The molecule has 0 aromatic heterocycles. The number of carboxylic acid groups (broad SMARTS) is 1. The summed E-state index contributed by atoms with van der Waals surface area (Å²) in [6.45, 7) is 2.13. The van der Waals surface area contributed by atoms with Crippen molar-refractivity contribution < 1.29 is 19.4 Å². The fraction of sp³-hybridized carbons (Fsp3) is 0.800. The fourth-order valence-electron chi connectivity index (χ4n) is 1.54. The predicted molar refractivity (Wildman–Crippen MR) is 61.6 cm³/mol. The van der Waals surface area contributed by atoms with Crippen molar-refractivity contribution in [1.82, 2.24) is 5.32 Å². The van der Waals surface area contributed by atoms with Crippen molar-refractivity contribution in [3.8, 4) is 0 Å². The van der Waals surface area contributed by atoms with Crippen LogP contribution in [0.25, 0.3) is 0 Å². The van der Waals surface area contributed by atoms with Gasteiger partial charge in [-0.1, -0.05) is 0 Å². The van der Waals surface area contributed by atoms with Gasteiger partial charge in [0.25, 0.3) is 0 Å². The highest BCUT2D eigenvalue weighted by atomic mass is 32.2. The van der Waals surface area contributed by atoms with E-state index < -0.39 is 12.6 Å². The van der Waals surface area contributed by atoms with Crippen molar-refractivity contribution in [2.24, 2.45) is 0 Å². The van der Waals surface area contributed by atoms with Crippen molar-refractivity contribution in [3.05, 3.63) is 0 Å². The molecule has 92 valence electrons. The van der Waals surface area contributed by atoms with Crippen LogP contribution in [-0.2, 0) is 14.3 Å². The van der Waals surface area contributed by atoms with Gasteiger partial charge in [-0.2, -0.15) is 11.8 Å². The van der Waals surface area contributed by atoms with Gasteiger partial charge in [0.15, 0.2) is 0 Å². The monoisotopic (exact) mass is 247 g/mol. The van der Waals surface area contributed by atoms with E-state index in [1.54, 1.807) is 0 Å². The molecule has 2 N–H and O–H groups in total. The standard InChI is InChI=1S/C10H17NO4S/c1-10(3-2-4-16-10)7-11-8(12)5-15-6-9(13)14/h2-7H2,1H3,(H,11,12)(H,13,14). The van der Waals surface area contributed by atoms with Crippen molar-refractivity contribution in [1.29, 1.82) is 0 Å². The van der Waals surface area contributed by atoms with Gasteiger partial charge in [-0.3, -0.25) is 4.79 Å². The van der Waals surface area contributed by atoms with E-state index in [4.69, 9.17) is 5.11 Å². The van der Waals surface area contributed by atoms with E-state index in [1.807, 2.05) is 11.8 Å². The molecule has 1 amide bonds. The maximum Gasteiger partial charge on any atom is 0.329 e. The molecule has 0 saturated carbocycles. The van der Waals surface area contributed by atoms with E-state index in [2.05, 4.69) is 17.0 Å². The van der Waals surface area contributed by atoms with E-state index in [1.165, 1.54) is 6.42 Å². The first-order chi connectivity index (χ1) is 7.52. The first-order valence-corrected chi connectivity index (χ1v) is 6.21. The van der Waals surface area contributed by atoms with Crippen LogP contribution in [0.1, 0.15) is 19.8 Å². The number of rotatable bonds is 6. The molecule has 5 nitrogen and oxygen atoms in total. The lowest BCUT2D eigenvalue weighted by Gasteiger charge is -2.22. The van der Waals surface area contributed by atoms with Gasteiger partial charge < -0.3 is 15.2 Å². The van der Waals surface area contributed by atoms with Gasteiger partial charge >= 0.3 is 5.97 Å². The van der Waals surface area contributed by atoms with Crippen molar-refractivity contribution >= 4 is 23.6 Å². The van der Waals surface area contributed by atoms with Gasteiger partial charge in [0, 0.05) is 11.3 Å². The number of thioether (sulfide) groups is 1. The molecule has 1 atom stereocenters. The van der Waals surface area contributed by atoms with Crippen LogP contribution >= 0.6 is 11.8 Å². The van der Waals surface area contributed by atoms with E-state index in [-0.39, 0.29) is 17.3 Å². The Labute approximate surface area is 98.9 Å². The second kappa shape index (κ2) is 6.10. The molecule has 1 saturated heterocycles. The number of hydrogen-bond acceptors (Lipinski definition) is 4. The highest BCUT2D eigenvalue weighted by Gasteiger charge is 2.29. The normalized spacial score (nSPS) is 24.3. The lowest BCUT2D eigenvalue weighted by Crippen LogP contribution is -2.38. The van der Waals surface area contributed by atoms with Crippen LogP contribution in [0.3, 0.4) is 0 Å². The molecular weight excluding hydrogens is 230 g/mol. The van der Waals surface area contributed by atoms with Gasteiger partial charge in [0.1, 0.15) is 13.2 Å². The minimum absolute atomic E-state index is 0.127. The Morgan fingerprint density at radius 1 is 1.50 bits per heavy atom. The smallest absolute Gasteiger partial charge is 0.329 e. The molecule has 0 aromatic rings. The van der Waals surface area contributed by atoms with Crippen LogP contribution in [0.15, 0.2) is 0 Å². The van der Waals surface area contributed by atoms with Crippen LogP contribution in [0, 0.1) is 0 Å². The summed E-state index contributed by atoms with van der Waals surface area (Å²) >= 11 is 1.87. The van der Waals surface area contributed by atoms with Crippen LogP contribution in [0.5, 0.6) is 0 Å². The first-order valence-electron chi connectivity index (χ1n) is 5.22. The molecule has 0 radical (unpaired) electrons. The fourth-order valence-corrected chi connectivity index (χ4v) is 2.79. The van der Waals surface area contributed by atoms with Gasteiger partial charge in [-0.05, 0) is 25.5 Å². The molecule has 1 aliphatic rings. The predicted octanol–water partition coefficient (Wildman–Crippen LogP) is 0.489. The lowest BCUT2D eigenvalue weighted by molar-refractivity contribution is -0.143. The summed E-state index contributed by atoms with van der Waals surface area (Å²) in [4.78, 5) is 21.4. The quantitative estimate of drug-likeness (QED) is 0.714.